The summed E-state index contributed by atoms with van der Waals surface area (Å²) in [6.07, 6.45) is 0. The Morgan fingerprint density at radius 3 is 2.75 bits per heavy atom. The molecule has 0 aliphatic carbocycles. The topological polar surface area (TPSA) is 54.9 Å². The molecule has 1 aromatic heterocycles. The Kier molecular flexibility index (Phi) is 5.17. The Labute approximate surface area is 144 Å². The first-order chi connectivity index (χ1) is 11.6. The molecule has 2 aromatic carbocycles. The highest BCUT2D eigenvalue weighted by atomic mass is 32.2. The number of nitrogens with zero attached hydrogens (tertiary/aromatic N) is 2. The molecule has 3 rings (SSSR count). The van der Waals surface area contributed by atoms with E-state index in [0.717, 1.165) is 6.07 Å². The van der Waals surface area contributed by atoms with Crippen LogP contribution in [0.5, 0.6) is 0 Å². The molecular formula is C16H11F2N3OS2. The minimum Gasteiger partial charge on any atom is -0.296 e. The van der Waals surface area contributed by atoms with Crippen LogP contribution in [0.4, 0.5) is 13.9 Å². The van der Waals surface area contributed by atoms with Crippen molar-refractivity contribution >= 4 is 34.1 Å². The van der Waals surface area contributed by atoms with E-state index in [9.17, 15) is 13.6 Å². The third-order valence-electron chi connectivity index (χ3n) is 3.02. The summed E-state index contributed by atoms with van der Waals surface area (Å²) in [7, 11) is 0. The highest BCUT2D eigenvalue weighted by molar-refractivity contribution is 8.00. The number of carbonyl (C=O) groups is 1. The fraction of sp³-hybridized carbons (Fsp3) is 0.0625. The molecule has 0 bridgehead atoms. The second-order valence-electron chi connectivity index (χ2n) is 4.72. The summed E-state index contributed by atoms with van der Waals surface area (Å²) in [4.78, 5) is 12.0. The molecule has 0 saturated heterocycles. The maximum atomic E-state index is 13.6. The van der Waals surface area contributed by atoms with Crippen LogP contribution in [-0.4, -0.2) is 16.1 Å². The molecule has 122 valence electrons. The maximum Gasteiger partial charge on any atom is 0.257 e. The molecule has 0 fully saturated rings. The second-order valence-corrected chi connectivity index (χ2v) is 6.92. The predicted molar refractivity (Wildman–Crippen MR) is 90.2 cm³/mol. The van der Waals surface area contributed by atoms with Crippen molar-refractivity contribution in [1.29, 1.82) is 0 Å². The fourth-order valence-corrected chi connectivity index (χ4v) is 3.61. The van der Waals surface area contributed by atoms with Gasteiger partial charge in [0.1, 0.15) is 11.6 Å². The van der Waals surface area contributed by atoms with Gasteiger partial charge in [0.05, 0.1) is 0 Å². The van der Waals surface area contributed by atoms with Gasteiger partial charge in [-0.05, 0) is 29.8 Å². The lowest BCUT2D eigenvalue weighted by molar-refractivity contribution is 0.102. The molecule has 8 heteroatoms. The summed E-state index contributed by atoms with van der Waals surface area (Å²) in [5.74, 6) is -0.800. The van der Waals surface area contributed by atoms with E-state index in [-0.39, 0.29) is 11.4 Å². The minimum atomic E-state index is -0.485. The zero-order valence-corrected chi connectivity index (χ0v) is 13.8. The summed E-state index contributed by atoms with van der Waals surface area (Å²) in [6, 6.07) is 11.9. The normalized spacial score (nSPS) is 10.6. The van der Waals surface area contributed by atoms with Crippen molar-refractivity contribution in [1.82, 2.24) is 10.2 Å². The lowest BCUT2D eigenvalue weighted by Crippen LogP contribution is -2.11. The Hall–Kier alpha value is -2.32. The zero-order valence-electron chi connectivity index (χ0n) is 12.2. The van der Waals surface area contributed by atoms with Gasteiger partial charge >= 0.3 is 0 Å². The highest BCUT2D eigenvalue weighted by Crippen LogP contribution is 2.29. The van der Waals surface area contributed by atoms with Crippen LogP contribution in [-0.2, 0) is 5.75 Å². The van der Waals surface area contributed by atoms with Gasteiger partial charge < -0.3 is 0 Å². The summed E-state index contributed by atoms with van der Waals surface area (Å²) in [6.45, 7) is 0. The molecule has 0 aliphatic rings. The number of aromatic nitrogens is 2. The molecule has 4 nitrogen and oxygen atoms in total. The Morgan fingerprint density at radius 2 is 1.96 bits per heavy atom. The molecule has 0 unspecified atom stereocenters. The van der Waals surface area contributed by atoms with Gasteiger partial charge in [-0.25, -0.2) is 8.78 Å². The minimum absolute atomic E-state index is 0.200. The molecule has 0 aliphatic heterocycles. The van der Waals surface area contributed by atoms with Crippen molar-refractivity contribution in [2.24, 2.45) is 0 Å². The van der Waals surface area contributed by atoms with Crippen LogP contribution in [0.25, 0.3) is 0 Å². The van der Waals surface area contributed by atoms with E-state index in [1.165, 1.54) is 47.4 Å². The van der Waals surface area contributed by atoms with E-state index >= 15 is 0 Å². The van der Waals surface area contributed by atoms with Crippen molar-refractivity contribution in [3.63, 3.8) is 0 Å². The zero-order chi connectivity index (χ0) is 16.9. The lowest BCUT2D eigenvalue weighted by Gasteiger charge is -2.01. The van der Waals surface area contributed by atoms with Crippen LogP contribution in [0.15, 0.2) is 52.9 Å². The maximum absolute atomic E-state index is 13.6. The molecule has 1 amide bonds. The Bertz CT molecular complexity index is 870. The monoisotopic (exact) mass is 363 g/mol. The van der Waals surface area contributed by atoms with Crippen molar-refractivity contribution in [3.05, 3.63) is 71.3 Å². The first kappa shape index (κ1) is 16.5. The number of anilines is 1. The standard InChI is InChI=1S/C16H11F2N3OS2/c17-12-6-3-5-10(8-12)14(22)19-15-20-21-16(24-15)23-9-11-4-1-2-7-13(11)18/h1-8H,9H2,(H,19,20,22). The molecule has 1 heterocycles. The van der Waals surface area contributed by atoms with Crippen molar-refractivity contribution in [2.45, 2.75) is 10.1 Å². The van der Waals surface area contributed by atoms with Gasteiger partial charge in [-0.3, -0.25) is 10.1 Å². The van der Waals surface area contributed by atoms with E-state index in [1.54, 1.807) is 18.2 Å². The number of carbonyl (C=O) groups excluding carboxylic acids is 1. The number of rotatable bonds is 5. The molecule has 0 spiro atoms. The SMILES string of the molecule is O=C(Nc1nnc(SCc2ccccc2F)s1)c1cccc(F)c1. The Morgan fingerprint density at radius 1 is 1.12 bits per heavy atom. The van der Waals surface area contributed by atoms with Gasteiger partial charge in [-0.1, -0.05) is 47.4 Å². The van der Waals surface area contributed by atoms with Crippen LogP contribution < -0.4 is 5.32 Å². The smallest absolute Gasteiger partial charge is 0.257 e. The Balaban J connectivity index is 1.61. The van der Waals surface area contributed by atoms with E-state index in [4.69, 9.17) is 0 Å². The van der Waals surface area contributed by atoms with Crippen LogP contribution in [0.2, 0.25) is 0 Å². The number of hydrogen-bond acceptors (Lipinski definition) is 5. The van der Waals surface area contributed by atoms with Crippen LogP contribution in [0, 0.1) is 11.6 Å². The van der Waals surface area contributed by atoms with Gasteiger partial charge in [0.2, 0.25) is 5.13 Å². The number of amides is 1. The van der Waals surface area contributed by atoms with Gasteiger partial charge in [0, 0.05) is 11.3 Å². The van der Waals surface area contributed by atoms with E-state index in [2.05, 4.69) is 15.5 Å². The third kappa shape index (κ3) is 4.15. The quantitative estimate of drug-likeness (QED) is 0.540. The third-order valence-corrected chi connectivity index (χ3v) is 5.04. The lowest BCUT2D eigenvalue weighted by atomic mass is 10.2. The second kappa shape index (κ2) is 7.50. The molecule has 24 heavy (non-hydrogen) atoms. The first-order valence-electron chi connectivity index (χ1n) is 6.88. The predicted octanol–water partition coefficient (Wildman–Crippen LogP) is 4.36. The van der Waals surface area contributed by atoms with Crippen LogP contribution in [0.3, 0.4) is 0 Å². The van der Waals surface area contributed by atoms with Crippen LogP contribution >= 0.6 is 23.1 Å². The summed E-state index contributed by atoms with van der Waals surface area (Å²) < 4.78 is 27.3. The van der Waals surface area contributed by atoms with Crippen molar-refractivity contribution in [3.8, 4) is 0 Å². The van der Waals surface area contributed by atoms with Gasteiger partial charge in [-0.2, -0.15) is 0 Å². The van der Waals surface area contributed by atoms with Crippen molar-refractivity contribution in [2.75, 3.05) is 5.32 Å². The summed E-state index contributed by atoms with van der Waals surface area (Å²) in [5, 5.41) is 10.7. The van der Waals surface area contributed by atoms with Crippen LogP contribution in [0.1, 0.15) is 15.9 Å². The highest BCUT2D eigenvalue weighted by Gasteiger charge is 2.12. The average Bonchev–Trinajstić information content (AvgIpc) is 3.01. The molecule has 0 atom stereocenters. The van der Waals surface area contributed by atoms with E-state index in [1.807, 2.05) is 0 Å². The average molecular weight is 363 g/mol. The largest absolute Gasteiger partial charge is 0.296 e. The number of hydrogen-bond donors (Lipinski definition) is 1. The number of halogens is 2. The molecule has 1 N–H and O–H groups in total. The van der Waals surface area contributed by atoms with E-state index < -0.39 is 11.7 Å². The summed E-state index contributed by atoms with van der Waals surface area (Å²) in [5.41, 5.74) is 0.772. The summed E-state index contributed by atoms with van der Waals surface area (Å²) >= 11 is 2.51. The fourth-order valence-electron chi connectivity index (χ4n) is 1.87. The van der Waals surface area contributed by atoms with Gasteiger partial charge in [-0.15, -0.1) is 10.2 Å². The van der Waals surface area contributed by atoms with Gasteiger partial charge in [0.25, 0.3) is 5.91 Å². The first-order valence-corrected chi connectivity index (χ1v) is 8.68. The molecular weight excluding hydrogens is 352 g/mol. The number of thioether (sulfide) groups is 1. The van der Waals surface area contributed by atoms with Crippen molar-refractivity contribution < 1.29 is 13.6 Å². The number of benzene rings is 2. The van der Waals surface area contributed by atoms with Gasteiger partial charge in [0.15, 0.2) is 4.34 Å². The molecule has 0 saturated carbocycles. The molecule has 3 aromatic rings. The number of nitrogens with one attached hydrogen (secondary N) is 1. The van der Waals surface area contributed by atoms with E-state index in [0.29, 0.717) is 20.8 Å². The molecule has 0 radical (unpaired) electrons.